The van der Waals surface area contributed by atoms with Crippen molar-refractivity contribution < 1.29 is 37.9 Å². The highest BCUT2D eigenvalue weighted by Crippen LogP contribution is 2.65. The fourth-order valence-electron chi connectivity index (χ4n) is 6.41. The minimum absolute atomic E-state index is 0.0506. The zero-order valence-electron chi connectivity index (χ0n) is 27.2. The van der Waals surface area contributed by atoms with Gasteiger partial charge in [0.2, 0.25) is 17.6 Å². The molecule has 248 valence electrons. The molecule has 13 nitrogen and oxygen atoms in total. The highest BCUT2D eigenvalue weighted by molar-refractivity contribution is 6.37. The largest absolute Gasteiger partial charge is 0.466 e. The van der Waals surface area contributed by atoms with E-state index in [2.05, 4.69) is 16.0 Å². The Morgan fingerprint density at radius 1 is 1.09 bits per heavy atom. The van der Waals surface area contributed by atoms with Gasteiger partial charge in [-0.15, -0.1) is 0 Å². The summed E-state index contributed by atoms with van der Waals surface area (Å²) in [5, 5.41) is 8.13. The van der Waals surface area contributed by atoms with Gasteiger partial charge in [-0.1, -0.05) is 61.3 Å². The zero-order valence-corrected chi connectivity index (χ0v) is 27.2. The molecule has 2 heterocycles. The normalized spacial score (nSPS) is 23.7. The van der Waals surface area contributed by atoms with Gasteiger partial charge in [0.15, 0.2) is 0 Å². The highest BCUT2D eigenvalue weighted by Gasteiger charge is 2.70. The Kier molecular flexibility index (Phi) is 9.70. The molecule has 3 aliphatic rings. The van der Waals surface area contributed by atoms with Gasteiger partial charge < -0.3 is 35.7 Å². The first kappa shape index (κ1) is 34.0. The Balaban J connectivity index is 1.48. The van der Waals surface area contributed by atoms with Crippen molar-refractivity contribution in [1.82, 2.24) is 20.9 Å². The zero-order chi connectivity index (χ0) is 33.4. The number of esters is 1. The van der Waals surface area contributed by atoms with Crippen LogP contribution in [0.4, 0.5) is 4.79 Å². The molecular formula is C32H47N5O8. The number of nitrogens with zero attached hydrogens (tertiary/aromatic N) is 1. The third-order valence-corrected chi connectivity index (χ3v) is 9.43. The number of carbonyl (C=O) groups excluding carboxylic acids is 6. The average molecular weight is 630 g/mol. The highest BCUT2D eigenvalue weighted by atomic mass is 16.5. The number of hydrogen-bond acceptors (Lipinski definition) is 8. The lowest BCUT2D eigenvalue weighted by Crippen LogP contribution is -2.62. The van der Waals surface area contributed by atoms with Crippen molar-refractivity contribution in [2.24, 2.45) is 40.2 Å². The van der Waals surface area contributed by atoms with E-state index in [0.29, 0.717) is 18.7 Å². The van der Waals surface area contributed by atoms with E-state index in [-0.39, 0.29) is 35.7 Å². The summed E-state index contributed by atoms with van der Waals surface area (Å²) in [5.74, 6) is -3.34. The van der Waals surface area contributed by atoms with E-state index in [1.54, 1.807) is 46.8 Å². The number of piperidine rings is 1. The van der Waals surface area contributed by atoms with Crippen molar-refractivity contribution in [3.63, 3.8) is 0 Å². The number of primary amides is 1. The number of rotatable bonds is 13. The van der Waals surface area contributed by atoms with Gasteiger partial charge >= 0.3 is 12.0 Å². The quantitative estimate of drug-likeness (QED) is 0.188. The number of furan rings is 1. The molecule has 1 unspecified atom stereocenters. The topological polar surface area (TPSA) is 190 Å². The molecule has 13 heteroatoms. The molecule has 2 aliphatic carbocycles. The first-order chi connectivity index (χ1) is 20.9. The van der Waals surface area contributed by atoms with E-state index in [4.69, 9.17) is 14.9 Å². The van der Waals surface area contributed by atoms with Crippen LogP contribution in [-0.2, 0) is 35.3 Å². The summed E-state index contributed by atoms with van der Waals surface area (Å²) in [7, 11) is 0. The number of amides is 5. The van der Waals surface area contributed by atoms with Gasteiger partial charge in [-0.05, 0) is 53.1 Å². The molecule has 4 rings (SSSR count). The molecule has 5 N–H and O–H groups in total. The number of carbonyl (C=O) groups is 6. The molecule has 2 saturated carbocycles. The van der Waals surface area contributed by atoms with E-state index >= 15 is 0 Å². The summed E-state index contributed by atoms with van der Waals surface area (Å²) in [6.45, 7) is 13.2. The number of fused-ring (bicyclic) bond motifs is 1. The van der Waals surface area contributed by atoms with Crippen LogP contribution in [0.15, 0.2) is 22.8 Å². The van der Waals surface area contributed by atoms with Crippen LogP contribution >= 0.6 is 0 Å². The Labute approximate surface area is 263 Å². The molecule has 5 amide bonds. The number of urea groups is 1. The SMILES string of the molecule is CC(C)[C@H](NC(=O)N[C@H](C(=O)N1C[C@H]2[C@@H]([C@H]1C(=O)NC(CC1CC1)C(=O)C(N)=O)C2(C)C)C(C)(C)C)C(=O)OCc1ccco1. The van der Waals surface area contributed by atoms with E-state index in [9.17, 15) is 28.8 Å². The Hall–Kier alpha value is -3.90. The van der Waals surface area contributed by atoms with Gasteiger partial charge in [0.05, 0.1) is 12.3 Å². The number of ketones is 1. The second-order valence-corrected chi connectivity index (χ2v) is 14.7. The number of likely N-dealkylation sites (tertiary alicyclic amines) is 1. The number of nitrogens with two attached hydrogens (primary N) is 1. The third-order valence-electron chi connectivity index (χ3n) is 9.43. The van der Waals surface area contributed by atoms with Crippen molar-refractivity contribution in [1.29, 1.82) is 0 Å². The van der Waals surface area contributed by atoms with Crippen LogP contribution < -0.4 is 21.7 Å². The molecule has 1 saturated heterocycles. The number of nitrogens with one attached hydrogen (secondary N) is 3. The third kappa shape index (κ3) is 7.67. The minimum atomic E-state index is -1.11. The molecule has 1 aromatic rings. The summed E-state index contributed by atoms with van der Waals surface area (Å²) >= 11 is 0. The Morgan fingerprint density at radius 2 is 1.76 bits per heavy atom. The van der Waals surface area contributed by atoms with Crippen molar-refractivity contribution in [2.75, 3.05) is 6.54 Å². The summed E-state index contributed by atoms with van der Waals surface area (Å²) in [6.07, 6.45) is 3.60. The van der Waals surface area contributed by atoms with Gasteiger partial charge in [0.1, 0.15) is 30.5 Å². The van der Waals surface area contributed by atoms with Crippen molar-refractivity contribution in [2.45, 2.75) is 98.5 Å². The van der Waals surface area contributed by atoms with Crippen LogP contribution in [0.5, 0.6) is 0 Å². The Bertz CT molecular complexity index is 1310. The second kappa shape index (κ2) is 12.8. The molecule has 0 aromatic carbocycles. The maximum atomic E-state index is 14.2. The number of Topliss-reactive ketones (excluding diaryl/α,β-unsaturated/α-hetero) is 1. The van der Waals surface area contributed by atoms with Gasteiger partial charge in [0.25, 0.3) is 5.91 Å². The molecule has 1 aromatic heterocycles. The van der Waals surface area contributed by atoms with Gasteiger partial charge in [-0.25, -0.2) is 9.59 Å². The molecule has 3 fully saturated rings. The first-order valence-corrected chi connectivity index (χ1v) is 15.6. The molecule has 6 atom stereocenters. The lowest BCUT2D eigenvalue weighted by molar-refractivity contribution is -0.149. The maximum absolute atomic E-state index is 14.2. The van der Waals surface area contributed by atoms with Crippen LogP contribution in [0.25, 0.3) is 0 Å². The summed E-state index contributed by atoms with van der Waals surface area (Å²) < 4.78 is 10.5. The van der Waals surface area contributed by atoms with Crippen LogP contribution in [0, 0.1) is 34.5 Å². The van der Waals surface area contributed by atoms with Crippen LogP contribution in [-0.4, -0.2) is 71.1 Å². The van der Waals surface area contributed by atoms with Crippen LogP contribution in [0.1, 0.15) is 73.5 Å². The lowest BCUT2D eigenvalue weighted by Gasteiger charge is -2.38. The second-order valence-electron chi connectivity index (χ2n) is 14.7. The molecule has 0 bridgehead atoms. The molecule has 1 aliphatic heterocycles. The van der Waals surface area contributed by atoms with Crippen molar-refractivity contribution in [3.05, 3.63) is 24.2 Å². The predicted octanol–water partition coefficient (Wildman–Crippen LogP) is 1.88. The summed E-state index contributed by atoms with van der Waals surface area (Å²) in [6, 6.07) is -1.41. The molecule has 0 spiro atoms. The van der Waals surface area contributed by atoms with Gasteiger partial charge in [0, 0.05) is 6.54 Å². The predicted molar refractivity (Wildman–Crippen MR) is 162 cm³/mol. The average Bonchev–Trinajstić information content (AvgIpc) is 3.65. The van der Waals surface area contributed by atoms with Crippen LogP contribution in [0.3, 0.4) is 0 Å². The fraction of sp³-hybridized carbons (Fsp3) is 0.688. The van der Waals surface area contributed by atoms with Gasteiger partial charge in [-0.3, -0.25) is 19.2 Å². The summed E-state index contributed by atoms with van der Waals surface area (Å²) in [5.41, 5.74) is 4.29. The lowest BCUT2D eigenvalue weighted by atomic mass is 9.85. The number of ether oxygens (including phenoxy) is 1. The van der Waals surface area contributed by atoms with E-state index in [1.165, 1.54) is 11.2 Å². The molecular weight excluding hydrogens is 582 g/mol. The van der Waals surface area contributed by atoms with Crippen molar-refractivity contribution >= 4 is 35.5 Å². The van der Waals surface area contributed by atoms with E-state index < -0.39 is 65.1 Å². The molecule has 45 heavy (non-hydrogen) atoms. The molecule has 0 radical (unpaired) electrons. The summed E-state index contributed by atoms with van der Waals surface area (Å²) in [4.78, 5) is 79.9. The Morgan fingerprint density at radius 3 is 2.29 bits per heavy atom. The van der Waals surface area contributed by atoms with Gasteiger partial charge in [-0.2, -0.15) is 0 Å². The van der Waals surface area contributed by atoms with E-state index in [1.807, 2.05) is 13.8 Å². The maximum Gasteiger partial charge on any atom is 0.329 e. The fourth-order valence-corrected chi connectivity index (χ4v) is 6.41. The standard InChI is InChI=1S/C32H47N5O8/c1-16(2)22(29(42)45-15-18-9-8-12-44-18)35-30(43)36-25(31(3,4)5)28(41)37-14-19-21(32(19,6)7)23(37)27(40)34-20(13-17-10-11-17)24(38)26(33)39/h8-9,12,16-17,19-23,25H,10-11,13-15H2,1-7H3,(H2,33,39)(H,34,40)(H2,35,36,43)/t19-,20?,21-,22-,23-,25+/m0/s1. The van der Waals surface area contributed by atoms with Crippen molar-refractivity contribution in [3.8, 4) is 0 Å². The smallest absolute Gasteiger partial charge is 0.329 e. The first-order valence-electron chi connectivity index (χ1n) is 15.6. The van der Waals surface area contributed by atoms with E-state index in [0.717, 1.165) is 12.8 Å². The minimum Gasteiger partial charge on any atom is -0.466 e. The number of hydrogen-bond donors (Lipinski definition) is 4. The monoisotopic (exact) mass is 629 g/mol. The van der Waals surface area contributed by atoms with Crippen LogP contribution in [0.2, 0.25) is 0 Å².